The van der Waals surface area contributed by atoms with Gasteiger partial charge in [0.15, 0.2) is 0 Å². The molecule has 0 amide bonds. The normalized spacial score (nSPS) is 23.4. The molecule has 2 fully saturated rings. The number of rotatable bonds is 7. The van der Waals surface area contributed by atoms with Gasteiger partial charge in [-0.1, -0.05) is 11.6 Å². The molecule has 0 spiro atoms. The highest BCUT2D eigenvalue weighted by Crippen LogP contribution is 2.34. The second kappa shape index (κ2) is 10.2. The number of hydrogen-bond donors (Lipinski definition) is 1. The Bertz CT molecular complexity index is 1020. The zero-order valence-electron chi connectivity index (χ0n) is 20.3. The van der Waals surface area contributed by atoms with Crippen molar-refractivity contribution in [3.8, 4) is 11.9 Å². The minimum Gasteiger partial charge on any atom is -0.481 e. The highest BCUT2D eigenvalue weighted by molar-refractivity contribution is 6.31. The zero-order chi connectivity index (χ0) is 23.7. The van der Waals surface area contributed by atoms with Crippen LogP contribution >= 0.6 is 11.6 Å². The molecule has 0 bridgehead atoms. The monoisotopic (exact) mass is 487 g/mol. The summed E-state index contributed by atoms with van der Waals surface area (Å²) in [6, 6.07) is 4.89. The molecule has 3 aliphatic rings. The number of aromatic nitrogens is 3. The van der Waals surface area contributed by atoms with E-state index in [2.05, 4.69) is 39.0 Å². The lowest BCUT2D eigenvalue weighted by atomic mass is 10.1. The van der Waals surface area contributed by atoms with Gasteiger partial charge in [-0.05, 0) is 39.4 Å². The van der Waals surface area contributed by atoms with E-state index in [9.17, 15) is 0 Å². The summed E-state index contributed by atoms with van der Waals surface area (Å²) in [5.74, 6) is 1.57. The first-order valence-corrected chi connectivity index (χ1v) is 12.5. The Balaban J connectivity index is 1.39. The number of pyridine rings is 1. The molecular weight excluding hydrogens is 454 g/mol. The summed E-state index contributed by atoms with van der Waals surface area (Å²) < 4.78 is 11.5. The molecule has 9 nitrogen and oxygen atoms in total. The molecule has 2 atom stereocenters. The van der Waals surface area contributed by atoms with Gasteiger partial charge in [-0.3, -0.25) is 4.90 Å². The van der Waals surface area contributed by atoms with Crippen LogP contribution in [0, 0.1) is 0 Å². The lowest BCUT2D eigenvalue weighted by Crippen LogP contribution is -2.50. The maximum atomic E-state index is 6.44. The summed E-state index contributed by atoms with van der Waals surface area (Å²) in [4.78, 5) is 21.4. The molecule has 3 aliphatic heterocycles. The van der Waals surface area contributed by atoms with E-state index in [1.165, 1.54) is 12.0 Å². The number of anilines is 1. The number of halogens is 1. The summed E-state index contributed by atoms with van der Waals surface area (Å²) >= 11 is 6.44. The first kappa shape index (κ1) is 23.5. The van der Waals surface area contributed by atoms with Crippen molar-refractivity contribution in [1.29, 1.82) is 0 Å². The van der Waals surface area contributed by atoms with Crippen molar-refractivity contribution >= 4 is 17.4 Å². The number of hydrogen-bond acceptors (Lipinski definition) is 9. The number of nitrogens with zero attached hydrogens (tertiary/aromatic N) is 6. The van der Waals surface area contributed by atoms with Crippen LogP contribution in [-0.4, -0.2) is 83.8 Å². The third kappa shape index (κ3) is 4.93. The Kier molecular flexibility index (Phi) is 7.06. The Morgan fingerprint density at radius 1 is 1.18 bits per heavy atom. The van der Waals surface area contributed by atoms with Gasteiger partial charge in [-0.15, -0.1) is 0 Å². The molecule has 1 N–H and O–H groups in total. The Labute approximate surface area is 206 Å². The van der Waals surface area contributed by atoms with Gasteiger partial charge >= 0.3 is 6.01 Å². The number of methoxy groups -OCH3 is 1. The fraction of sp³-hybridized carbons (Fsp3) is 0.625. The molecule has 2 saturated heterocycles. The molecule has 0 radical (unpaired) electrons. The number of ether oxygens (including phenoxy) is 2. The van der Waals surface area contributed by atoms with E-state index in [1.54, 1.807) is 13.2 Å². The zero-order valence-corrected chi connectivity index (χ0v) is 21.0. The highest BCUT2D eigenvalue weighted by Gasteiger charge is 2.31. The molecule has 5 heterocycles. The SMILES string of the molecule is COc1ccc(Cl)c(CN2Cc3nc(OCC4CCCN4C)nc(N4CCNCC4C)c3C2)n1. The first-order chi connectivity index (χ1) is 16.5. The molecule has 2 aromatic rings. The van der Waals surface area contributed by atoms with Gasteiger partial charge in [-0.25, -0.2) is 4.98 Å². The molecule has 184 valence electrons. The maximum absolute atomic E-state index is 6.44. The fourth-order valence-electron chi connectivity index (χ4n) is 5.11. The lowest BCUT2D eigenvalue weighted by molar-refractivity contribution is 0.187. The van der Waals surface area contributed by atoms with Crippen LogP contribution in [0.15, 0.2) is 12.1 Å². The van der Waals surface area contributed by atoms with Crippen molar-refractivity contribution in [2.24, 2.45) is 0 Å². The number of likely N-dealkylation sites (N-methyl/N-ethyl adjacent to an activating group) is 1. The molecule has 0 saturated carbocycles. The number of piperazine rings is 1. The van der Waals surface area contributed by atoms with Crippen molar-refractivity contribution in [2.75, 3.05) is 51.8 Å². The van der Waals surface area contributed by atoms with Crippen LogP contribution in [0.2, 0.25) is 5.02 Å². The smallest absolute Gasteiger partial charge is 0.318 e. The van der Waals surface area contributed by atoms with Crippen LogP contribution in [0.25, 0.3) is 0 Å². The van der Waals surface area contributed by atoms with Gasteiger partial charge in [0.2, 0.25) is 5.88 Å². The van der Waals surface area contributed by atoms with Crippen LogP contribution in [0.3, 0.4) is 0 Å². The molecular formula is C24H34ClN7O2. The van der Waals surface area contributed by atoms with Crippen LogP contribution < -0.4 is 19.7 Å². The van der Waals surface area contributed by atoms with Crippen LogP contribution in [0.1, 0.15) is 36.7 Å². The van der Waals surface area contributed by atoms with Crippen molar-refractivity contribution in [3.63, 3.8) is 0 Å². The van der Waals surface area contributed by atoms with Crippen LogP contribution in [-0.2, 0) is 19.6 Å². The Hall–Kier alpha value is -2.20. The summed E-state index contributed by atoms with van der Waals surface area (Å²) in [7, 11) is 3.78. The van der Waals surface area contributed by atoms with E-state index in [-0.39, 0.29) is 0 Å². The average Bonchev–Trinajstić information content (AvgIpc) is 3.44. The second-order valence-electron chi connectivity index (χ2n) is 9.52. The number of fused-ring (bicyclic) bond motifs is 1. The van der Waals surface area contributed by atoms with Gasteiger partial charge in [0.25, 0.3) is 0 Å². The van der Waals surface area contributed by atoms with E-state index in [1.807, 2.05) is 6.07 Å². The minimum atomic E-state index is 0.352. The molecule has 34 heavy (non-hydrogen) atoms. The van der Waals surface area contributed by atoms with E-state index in [0.29, 0.717) is 48.7 Å². The third-order valence-electron chi connectivity index (χ3n) is 7.13. The Morgan fingerprint density at radius 3 is 2.82 bits per heavy atom. The van der Waals surface area contributed by atoms with Gasteiger partial charge in [-0.2, -0.15) is 9.97 Å². The third-order valence-corrected chi connectivity index (χ3v) is 7.47. The van der Waals surface area contributed by atoms with Crippen LogP contribution in [0.4, 0.5) is 5.82 Å². The van der Waals surface area contributed by atoms with E-state index >= 15 is 0 Å². The molecule has 10 heteroatoms. The standard InChI is InChI=1S/C24H34ClN7O2/c1-16-11-26-8-10-32(16)23-18-12-31(14-21-19(25)6-7-22(27-21)33-3)13-20(18)28-24(29-23)34-15-17-5-4-9-30(17)2/h6-7,16-17,26H,4-5,8-15H2,1-3H3. The van der Waals surface area contributed by atoms with Crippen LogP contribution in [0.5, 0.6) is 11.9 Å². The van der Waals surface area contributed by atoms with E-state index in [4.69, 9.17) is 31.0 Å². The lowest BCUT2D eigenvalue weighted by Gasteiger charge is -2.36. The highest BCUT2D eigenvalue weighted by atomic mass is 35.5. The number of likely N-dealkylation sites (tertiary alicyclic amines) is 1. The minimum absolute atomic E-state index is 0.352. The quantitative estimate of drug-likeness (QED) is 0.632. The van der Waals surface area contributed by atoms with Crippen molar-refractivity contribution in [2.45, 2.75) is 51.5 Å². The fourth-order valence-corrected chi connectivity index (χ4v) is 5.28. The van der Waals surface area contributed by atoms with E-state index < -0.39 is 0 Å². The molecule has 0 aromatic carbocycles. The first-order valence-electron chi connectivity index (χ1n) is 12.1. The summed E-state index contributed by atoms with van der Waals surface area (Å²) in [5.41, 5.74) is 3.02. The van der Waals surface area contributed by atoms with E-state index in [0.717, 1.165) is 56.4 Å². The van der Waals surface area contributed by atoms with Gasteiger partial charge in [0.05, 0.1) is 23.5 Å². The van der Waals surface area contributed by atoms with Gasteiger partial charge < -0.3 is 24.6 Å². The average molecular weight is 488 g/mol. The maximum Gasteiger partial charge on any atom is 0.318 e. The van der Waals surface area contributed by atoms with Crippen molar-refractivity contribution in [3.05, 3.63) is 34.1 Å². The predicted molar refractivity (Wildman–Crippen MR) is 132 cm³/mol. The molecule has 2 unspecified atom stereocenters. The summed E-state index contributed by atoms with van der Waals surface area (Å²) in [6.07, 6.45) is 2.38. The van der Waals surface area contributed by atoms with Crippen molar-refractivity contribution < 1.29 is 9.47 Å². The van der Waals surface area contributed by atoms with Crippen molar-refractivity contribution in [1.82, 2.24) is 30.1 Å². The molecule has 0 aliphatic carbocycles. The predicted octanol–water partition coefficient (Wildman–Crippen LogP) is 2.32. The molecule has 2 aromatic heterocycles. The topological polar surface area (TPSA) is 78.9 Å². The molecule has 5 rings (SSSR count). The summed E-state index contributed by atoms with van der Waals surface area (Å²) in [5, 5.41) is 4.12. The van der Waals surface area contributed by atoms with Gasteiger partial charge in [0, 0.05) is 63.0 Å². The van der Waals surface area contributed by atoms with Gasteiger partial charge in [0.1, 0.15) is 12.4 Å². The second-order valence-corrected chi connectivity index (χ2v) is 9.92. The largest absolute Gasteiger partial charge is 0.481 e. The summed E-state index contributed by atoms with van der Waals surface area (Å²) in [6.45, 7) is 8.86. The number of nitrogens with one attached hydrogen (secondary N) is 1. The Morgan fingerprint density at radius 2 is 2.06 bits per heavy atom.